The number of carbonyl (C=O) groups excluding carboxylic acids is 1. The summed E-state index contributed by atoms with van der Waals surface area (Å²) in [6.45, 7) is 5.96. The van der Waals surface area contributed by atoms with Crippen molar-refractivity contribution in [1.29, 1.82) is 0 Å². The zero-order valence-corrected chi connectivity index (χ0v) is 14.1. The number of ether oxygens (including phenoxy) is 1. The van der Waals surface area contributed by atoms with Crippen LogP contribution in [0.3, 0.4) is 0 Å². The van der Waals surface area contributed by atoms with Crippen LogP contribution in [0.25, 0.3) is 10.7 Å². The summed E-state index contributed by atoms with van der Waals surface area (Å²) < 4.78 is 46.7. The van der Waals surface area contributed by atoms with Gasteiger partial charge in [0.05, 0.1) is 18.0 Å². The van der Waals surface area contributed by atoms with Crippen molar-refractivity contribution in [2.45, 2.75) is 39.5 Å². The average Bonchev–Trinajstić information content (AvgIpc) is 3.12. The van der Waals surface area contributed by atoms with Crippen LogP contribution in [0, 0.1) is 0 Å². The molecule has 2 heterocycles. The van der Waals surface area contributed by atoms with E-state index in [0.29, 0.717) is 4.88 Å². The van der Waals surface area contributed by atoms with Crippen LogP contribution in [-0.4, -0.2) is 33.8 Å². The predicted molar refractivity (Wildman–Crippen MR) is 80.3 cm³/mol. The fraction of sp³-hybridized carbons (Fsp3) is 0.500. The summed E-state index contributed by atoms with van der Waals surface area (Å²) >= 11 is 1.19. The molecule has 6 nitrogen and oxygen atoms in total. The number of hydrogen-bond donors (Lipinski definition) is 0. The largest absolute Gasteiger partial charge is 0.471 e. The van der Waals surface area contributed by atoms with Crippen LogP contribution in [0.4, 0.5) is 18.0 Å². The summed E-state index contributed by atoms with van der Waals surface area (Å²) in [4.78, 5) is 18.0. The van der Waals surface area contributed by atoms with Gasteiger partial charge in [0.25, 0.3) is 0 Å². The number of carbonyl (C=O) groups is 1. The predicted octanol–water partition coefficient (Wildman–Crippen LogP) is 4.18. The van der Waals surface area contributed by atoms with E-state index in [1.54, 1.807) is 19.1 Å². The molecule has 2 rings (SSSR count). The van der Waals surface area contributed by atoms with Crippen molar-refractivity contribution in [1.82, 2.24) is 15.0 Å². The number of halogens is 3. The minimum Gasteiger partial charge on any atom is -0.450 e. The second kappa shape index (κ2) is 7.20. The van der Waals surface area contributed by atoms with Gasteiger partial charge in [-0.25, -0.2) is 4.79 Å². The van der Waals surface area contributed by atoms with Gasteiger partial charge in [-0.05, 0) is 32.9 Å². The van der Waals surface area contributed by atoms with E-state index in [-0.39, 0.29) is 25.0 Å². The van der Waals surface area contributed by atoms with Crippen LogP contribution < -0.4 is 0 Å². The summed E-state index contributed by atoms with van der Waals surface area (Å²) in [5, 5.41) is 3.34. The maximum absolute atomic E-state index is 12.5. The van der Waals surface area contributed by atoms with Gasteiger partial charge in [-0.1, -0.05) is 5.16 Å². The highest BCUT2D eigenvalue weighted by Gasteiger charge is 2.38. The molecule has 2 aromatic rings. The first-order valence-electron chi connectivity index (χ1n) is 7.15. The van der Waals surface area contributed by atoms with E-state index in [2.05, 4.69) is 14.7 Å². The molecule has 0 saturated heterocycles. The normalized spacial score (nSPS) is 11.8. The van der Waals surface area contributed by atoms with Crippen LogP contribution in [0.15, 0.2) is 16.7 Å². The number of amides is 1. The van der Waals surface area contributed by atoms with Gasteiger partial charge in [-0.15, -0.1) is 11.3 Å². The minimum absolute atomic E-state index is 0.0865. The number of hydrogen-bond acceptors (Lipinski definition) is 6. The third kappa shape index (κ3) is 4.25. The molecule has 10 heteroatoms. The second-order valence-electron chi connectivity index (χ2n) is 5.11. The van der Waals surface area contributed by atoms with Crippen LogP contribution in [-0.2, 0) is 17.5 Å². The number of nitrogens with zero attached hydrogens (tertiary/aromatic N) is 3. The molecule has 0 radical (unpaired) electrons. The maximum Gasteiger partial charge on any atom is 0.471 e. The maximum atomic E-state index is 12.5. The smallest absolute Gasteiger partial charge is 0.450 e. The molecule has 0 atom stereocenters. The Kier molecular flexibility index (Phi) is 5.47. The van der Waals surface area contributed by atoms with E-state index in [1.807, 2.05) is 13.8 Å². The molecule has 0 aliphatic heterocycles. The van der Waals surface area contributed by atoms with E-state index in [4.69, 9.17) is 4.74 Å². The van der Waals surface area contributed by atoms with E-state index in [9.17, 15) is 18.0 Å². The number of alkyl halides is 3. The Hall–Kier alpha value is -2.10. The Morgan fingerprint density at radius 2 is 2.12 bits per heavy atom. The van der Waals surface area contributed by atoms with Crippen LogP contribution in [0.1, 0.15) is 31.5 Å². The third-order valence-corrected chi connectivity index (χ3v) is 4.07. The minimum atomic E-state index is -4.68. The molecular weight excluding hydrogens is 347 g/mol. The van der Waals surface area contributed by atoms with Crippen molar-refractivity contribution >= 4 is 17.4 Å². The second-order valence-corrected chi connectivity index (χ2v) is 6.28. The molecule has 0 aromatic carbocycles. The third-order valence-electron chi connectivity index (χ3n) is 3.00. The standard InChI is InChI=1S/C14H16F3N3O3S/c1-4-22-13(21)20(8(2)3)7-9-5-6-10(24-9)11-18-12(23-19-11)14(15,16)17/h5-6,8H,4,7H2,1-3H3. The van der Waals surface area contributed by atoms with Gasteiger partial charge < -0.3 is 14.2 Å². The molecule has 132 valence electrons. The Bertz CT molecular complexity index is 697. The molecule has 24 heavy (non-hydrogen) atoms. The van der Waals surface area contributed by atoms with Crippen molar-refractivity contribution < 1.29 is 27.2 Å². The lowest BCUT2D eigenvalue weighted by Gasteiger charge is -2.25. The van der Waals surface area contributed by atoms with E-state index in [1.165, 1.54) is 16.2 Å². The molecule has 0 unspecified atom stereocenters. The van der Waals surface area contributed by atoms with E-state index >= 15 is 0 Å². The molecule has 0 aliphatic rings. The Labute approximate surface area is 140 Å². The van der Waals surface area contributed by atoms with Gasteiger partial charge >= 0.3 is 18.2 Å². The molecule has 0 saturated carbocycles. The number of aromatic nitrogens is 2. The number of rotatable bonds is 5. The summed E-state index contributed by atoms with van der Waals surface area (Å²) in [5.41, 5.74) is 0. The quantitative estimate of drug-likeness (QED) is 0.797. The van der Waals surface area contributed by atoms with Crippen molar-refractivity contribution in [3.05, 3.63) is 22.9 Å². The lowest BCUT2D eigenvalue weighted by molar-refractivity contribution is -0.159. The Balaban J connectivity index is 2.15. The highest BCUT2D eigenvalue weighted by molar-refractivity contribution is 7.15. The average molecular weight is 363 g/mol. The van der Waals surface area contributed by atoms with Gasteiger partial charge in [0, 0.05) is 10.9 Å². The van der Waals surface area contributed by atoms with E-state index in [0.717, 1.165) is 4.88 Å². The summed E-state index contributed by atoms with van der Waals surface area (Å²) in [6, 6.07) is 3.21. The van der Waals surface area contributed by atoms with Crippen molar-refractivity contribution in [3.8, 4) is 10.7 Å². The molecule has 1 amide bonds. The Morgan fingerprint density at radius 3 is 2.67 bits per heavy atom. The molecule has 0 aliphatic carbocycles. The van der Waals surface area contributed by atoms with Crippen LogP contribution >= 0.6 is 11.3 Å². The molecule has 0 spiro atoms. The van der Waals surface area contributed by atoms with Crippen molar-refractivity contribution in [2.75, 3.05) is 6.61 Å². The highest BCUT2D eigenvalue weighted by atomic mass is 32.1. The fourth-order valence-corrected chi connectivity index (χ4v) is 2.79. The van der Waals surface area contributed by atoms with Gasteiger partial charge in [-0.2, -0.15) is 18.2 Å². The summed E-state index contributed by atoms with van der Waals surface area (Å²) in [6.07, 6.45) is -5.12. The topological polar surface area (TPSA) is 68.5 Å². The van der Waals surface area contributed by atoms with Crippen LogP contribution in [0.5, 0.6) is 0 Å². The van der Waals surface area contributed by atoms with Crippen LogP contribution in [0.2, 0.25) is 0 Å². The zero-order chi connectivity index (χ0) is 17.9. The lowest BCUT2D eigenvalue weighted by atomic mass is 10.3. The SMILES string of the molecule is CCOC(=O)N(Cc1ccc(-c2noc(C(F)(F)F)n2)s1)C(C)C. The summed E-state index contributed by atoms with van der Waals surface area (Å²) in [5.74, 6) is -1.52. The first-order valence-corrected chi connectivity index (χ1v) is 7.97. The summed E-state index contributed by atoms with van der Waals surface area (Å²) in [7, 11) is 0. The van der Waals surface area contributed by atoms with Gasteiger partial charge in [0.1, 0.15) is 0 Å². The molecule has 0 N–H and O–H groups in total. The molecular formula is C14H16F3N3O3S. The highest BCUT2D eigenvalue weighted by Crippen LogP contribution is 2.32. The first kappa shape index (κ1) is 18.2. The molecule has 0 fully saturated rings. The first-order chi connectivity index (χ1) is 11.2. The monoisotopic (exact) mass is 363 g/mol. The van der Waals surface area contributed by atoms with Gasteiger partial charge in [0.2, 0.25) is 5.82 Å². The van der Waals surface area contributed by atoms with Gasteiger partial charge in [0.15, 0.2) is 0 Å². The number of thiophene rings is 1. The Morgan fingerprint density at radius 1 is 1.42 bits per heavy atom. The van der Waals surface area contributed by atoms with Crippen molar-refractivity contribution in [2.24, 2.45) is 0 Å². The fourth-order valence-electron chi connectivity index (χ4n) is 1.85. The van der Waals surface area contributed by atoms with Gasteiger partial charge in [-0.3, -0.25) is 0 Å². The zero-order valence-electron chi connectivity index (χ0n) is 13.3. The van der Waals surface area contributed by atoms with E-state index < -0.39 is 18.2 Å². The molecule has 2 aromatic heterocycles. The van der Waals surface area contributed by atoms with Crippen molar-refractivity contribution in [3.63, 3.8) is 0 Å². The molecule has 0 bridgehead atoms. The lowest BCUT2D eigenvalue weighted by Crippen LogP contribution is -2.36.